The van der Waals surface area contributed by atoms with Gasteiger partial charge in [0, 0.05) is 0 Å². The van der Waals surface area contributed by atoms with Crippen LogP contribution in [0.4, 0.5) is 9.18 Å². The van der Waals surface area contributed by atoms with Crippen LogP contribution in [-0.2, 0) is 5.41 Å². The Bertz CT molecular complexity index is 427. The zero-order chi connectivity index (χ0) is 12.6. The van der Waals surface area contributed by atoms with E-state index in [1.54, 1.807) is 12.1 Å². The van der Waals surface area contributed by atoms with Gasteiger partial charge in [0.1, 0.15) is 5.82 Å². The number of rotatable bonds is 2. The van der Waals surface area contributed by atoms with Crippen molar-refractivity contribution in [3.8, 4) is 0 Å². The first-order chi connectivity index (χ1) is 7.92. The van der Waals surface area contributed by atoms with Gasteiger partial charge in [0.25, 0.3) is 0 Å². The van der Waals surface area contributed by atoms with Crippen molar-refractivity contribution in [2.45, 2.75) is 31.2 Å². The molecule has 92 valence electrons. The summed E-state index contributed by atoms with van der Waals surface area (Å²) < 4.78 is 12.8. The van der Waals surface area contributed by atoms with Crippen molar-refractivity contribution in [3.05, 3.63) is 35.6 Å². The average molecular weight is 238 g/mol. The third-order valence-electron chi connectivity index (χ3n) is 3.49. The lowest BCUT2D eigenvalue weighted by Gasteiger charge is -2.47. The molecule has 0 unspecified atom stereocenters. The molecule has 0 heterocycles. The van der Waals surface area contributed by atoms with Crippen LogP contribution >= 0.6 is 0 Å². The molecule has 0 radical (unpaired) electrons. The molecule has 0 atom stereocenters. The fourth-order valence-electron chi connectivity index (χ4n) is 2.42. The molecule has 4 nitrogen and oxygen atoms in total. The smallest absolute Gasteiger partial charge is 0.338 e. The van der Waals surface area contributed by atoms with Crippen molar-refractivity contribution < 1.29 is 14.4 Å². The summed E-state index contributed by atoms with van der Waals surface area (Å²) in [5.74, 6) is -0.269. The maximum absolute atomic E-state index is 12.8. The van der Waals surface area contributed by atoms with Crippen LogP contribution in [0.1, 0.15) is 25.3 Å². The standard InChI is InChI=1S/C12H15FN2O2/c1-12(8-2-4-9(13)5-3-8)6-10(7-12)15(17)11(14)16/h2-5,10,17H,6-7H2,1H3,(H2,14,16)/t10-,12-. The number of hydrogen-bond acceptors (Lipinski definition) is 2. The lowest BCUT2D eigenvalue weighted by atomic mass is 9.63. The largest absolute Gasteiger partial charge is 0.350 e. The van der Waals surface area contributed by atoms with Gasteiger partial charge in [-0.05, 0) is 36.0 Å². The van der Waals surface area contributed by atoms with Crippen molar-refractivity contribution in [2.24, 2.45) is 5.73 Å². The molecular formula is C12H15FN2O2. The fraction of sp³-hybridized carbons (Fsp3) is 0.417. The van der Waals surface area contributed by atoms with Crippen molar-refractivity contribution in [3.63, 3.8) is 0 Å². The number of benzene rings is 1. The van der Waals surface area contributed by atoms with Crippen LogP contribution in [0.2, 0.25) is 0 Å². The van der Waals surface area contributed by atoms with Crippen molar-refractivity contribution in [2.75, 3.05) is 0 Å². The van der Waals surface area contributed by atoms with E-state index in [0.717, 1.165) is 5.56 Å². The molecule has 17 heavy (non-hydrogen) atoms. The van der Waals surface area contributed by atoms with E-state index in [0.29, 0.717) is 17.9 Å². The second kappa shape index (κ2) is 4.00. The minimum Gasteiger partial charge on any atom is -0.350 e. The molecule has 1 aliphatic carbocycles. The Morgan fingerprint density at radius 3 is 2.47 bits per heavy atom. The van der Waals surface area contributed by atoms with E-state index >= 15 is 0 Å². The Kier molecular flexibility index (Phi) is 2.79. The molecule has 1 fully saturated rings. The molecule has 1 aromatic carbocycles. The van der Waals surface area contributed by atoms with Crippen molar-refractivity contribution in [1.82, 2.24) is 5.06 Å². The summed E-state index contributed by atoms with van der Waals surface area (Å²) in [7, 11) is 0. The number of nitrogens with zero attached hydrogens (tertiary/aromatic N) is 1. The maximum atomic E-state index is 12.8. The first kappa shape index (κ1) is 11.9. The lowest BCUT2D eigenvalue weighted by molar-refractivity contribution is -0.115. The molecule has 1 aromatic rings. The highest BCUT2D eigenvalue weighted by atomic mass is 19.1. The third-order valence-corrected chi connectivity index (χ3v) is 3.49. The molecule has 5 heteroatoms. The Morgan fingerprint density at radius 2 is 2.00 bits per heavy atom. The Balaban J connectivity index is 2.05. The van der Waals surface area contributed by atoms with Gasteiger partial charge in [-0.15, -0.1) is 0 Å². The Hall–Kier alpha value is -1.62. The van der Waals surface area contributed by atoms with Crippen LogP contribution in [0.25, 0.3) is 0 Å². The molecule has 0 aromatic heterocycles. The van der Waals surface area contributed by atoms with E-state index < -0.39 is 6.03 Å². The molecular weight excluding hydrogens is 223 g/mol. The summed E-state index contributed by atoms with van der Waals surface area (Å²) in [6.07, 6.45) is 1.25. The minimum atomic E-state index is -0.837. The first-order valence-corrected chi connectivity index (χ1v) is 5.46. The number of hydrogen-bond donors (Lipinski definition) is 2. The number of hydroxylamine groups is 2. The second-order valence-corrected chi connectivity index (χ2v) is 4.81. The van der Waals surface area contributed by atoms with Gasteiger partial charge >= 0.3 is 6.03 Å². The fourth-order valence-corrected chi connectivity index (χ4v) is 2.42. The van der Waals surface area contributed by atoms with Gasteiger partial charge in [0.05, 0.1) is 6.04 Å². The summed E-state index contributed by atoms with van der Waals surface area (Å²) in [5, 5.41) is 9.94. The molecule has 0 saturated heterocycles. The number of urea groups is 1. The normalized spacial score (nSPS) is 27.4. The highest BCUT2D eigenvalue weighted by molar-refractivity contribution is 5.71. The Morgan fingerprint density at radius 1 is 1.47 bits per heavy atom. The number of carbonyl (C=O) groups is 1. The van der Waals surface area contributed by atoms with Gasteiger partial charge in [-0.2, -0.15) is 0 Å². The Labute approximate surface area is 98.8 Å². The number of primary amides is 1. The molecule has 2 amide bonds. The van der Waals surface area contributed by atoms with Crippen LogP contribution in [0.15, 0.2) is 24.3 Å². The summed E-state index contributed by atoms with van der Waals surface area (Å²) in [5.41, 5.74) is 5.86. The molecule has 0 spiro atoms. The highest BCUT2D eigenvalue weighted by Crippen LogP contribution is 2.45. The van der Waals surface area contributed by atoms with Gasteiger partial charge in [-0.3, -0.25) is 5.21 Å². The van der Waals surface area contributed by atoms with Crippen LogP contribution < -0.4 is 5.73 Å². The highest BCUT2D eigenvalue weighted by Gasteiger charge is 2.45. The van der Waals surface area contributed by atoms with E-state index in [4.69, 9.17) is 5.73 Å². The van der Waals surface area contributed by atoms with Crippen LogP contribution in [0.5, 0.6) is 0 Å². The van der Waals surface area contributed by atoms with E-state index in [-0.39, 0.29) is 17.3 Å². The number of nitrogens with two attached hydrogens (primary N) is 1. The molecule has 0 bridgehead atoms. The molecule has 2 rings (SSSR count). The van der Waals surface area contributed by atoms with Crippen LogP contribution in [-0.4, -0.2) is 22.3 Å². The molecule has 1 saturated carbocycles. The minimum absolute atomic E-state index is 0.130. The average Bonchev–Trinajstić information content (AvgIpc) is 2.24. The second-order valence-electron chi connectivity index (χ2n) is 4.81. The van der Waals surface area contributed by atoms with Crippen LogP contribution in [0, 0.1) is 5.82 Å². The van der Waals surface area contributed by atoms with Gasteiger partial charge in [-0.1, -0.05) is 19.1 Å². The maximum Gasteiger partial charge on any atom is 0.338 e. The van der Waals surface area contributed by atoms with E-state index in [2.05, 4.69) is 0 Å². The first-order valence-electron chi connectivity index (χ1n) is 5.46. The topological polar surface area (TPSA) is 66.6 Å². The predicted octanol–water partition coefficient (Wildman–Crippen LogP) is 2.02. The van der Waals surface area contributed by atoms with Gasteiger partial charge in [-0.25, -0.2) is 14.2 Å². The number of carbonyl (C=O) groups excluding carboxylic acids is 1. The van der Waals surface area contributed by atoms with Gasteiger partial charge in [0.2, 0.25) is 0 Å². The van der Waals surface area contributed by atoms with E-state index in [9.17, 15) is 14.4 Å². The summed E-state index contributed by atoms with van der Waals surface area (Å²) in [4.78, 5) is 10.8. The molecule has 3 N–H and O–H groups in total. The SMILES string of the molecule is C[C@]1(c2ccc(F)cc2)C[C@H](N(O)C(N)=O)C1. The van der Waals surface area contributed by atoms with Crippen LogP contribution in [0.3, 0.4) is 0 Å². The lowest BCUT2D eigenvalue weighted by Crippen LogP contribution is -2.54. The molecule has 0 aliphatic heterocycles. The van der Waals surface area contributed by atoms with Gasteiger partial charge in [0.15, 0.2) is 0 Å². The predicted molar refractivity (Wildman–Crippen MR) is 60.0 cm³/mol. The number of amides is 2. The number of halogens is 1. The van der Waals surface area contributed by atoms with Crippen molar-refractivity contribution >= 4 is 6.03 Å². The summed E-state index contributed by atoms with van der Waals surface area (Å²) in [6.45, 7) is 2.02. The zero-order valence-corrected chi connectivity index (χ0v) is 9.56. The van der Waals surface area contributed by atoms with Crippen molar-refractivity contribution in [1.29, 1.82) is 0 Å². The zero-order valence-electron chi connectivity index (χ0n) is 9.56. The van der Waals surface area contributed by atoms with Gasteiger partial charge < -0.3 is 5.73 Å². The monoisotopic (exact) mass is 238 g/mol. The summed E-state index contributed by atoms with van der Waals surface area (Å²) in [6, 6.07) is 5.21. The van der Waals surface area contributed by atoms with E-state index in [1.165, 1.54) is 12.1 Å². The summed E-state index contributed by atoms with van der Waals surface area (Å²) >= 11 is 0. The third kappa shape index (κ3) is 2.10. The molecule has 1 aliphatic rings. The quantitative estimate of drug-likeness (QED) is 0.611. The van der Waals surface area contributed by atoms with E-state index in [1.807, 2.05) is 6.92 Å².